The third-order valence-electron chi connectivity index (χ3n) is 4.63. The van der Waals surface area contributed by atoms with Gasteiger partial charge in [0.1, 0.15) is 5.75 Å². The number of carboxylic acid groups (broad SMARTS) is 1. The van der Waals surface area contributed by atoms with Gasteiger partial charge in [0.15, 0.2) is 0 Å². The number of pyridine rings is 1. The molecule has 0 fully saturated rings. The molecule has 0 aliphatic heterocycles. The first-order chi connectivity index (χ1) is 13.9. The lowest BCUT2D eigenvalue weighted by Crippen LogP contribution is -2.45. The molecule has 2 aromatic carbocycles. The molecule has 0 aliphatic rings. The lowest BCUT2D eigenvalue weighted by molar-refractivity contribution is -0.652. The van der Waals surface area contributed by atoms with Crippen LogP contribution in [0.1, 0.15) is 35.5 Å². The summed E-state index contributed by atoms with van der Waals surface area (Å²) in [6.07, 6.45) is 0.580. The van der Waals surface area contributed by atoms with E-state index in [9.17, 15) is 27.4 Å². The van der Waals surface area contributed by atoms with Crippen molar-refractivity contribution >= 4 is 45.3 Å². The SMILES string of the molecule is CCCC([n+]1c2ccccc2c(C(=O)[O-])c2cc(OP(C)(C)=O)ccc21)S(=O)(=O)O. The van der Waals surface area contributed by atoms with Gasteiger partial charge in [-0.1, -0.05) is 19.1 Å². The fourth-order valence-corrected chi connectivity index (χ4v) is 5.24. The van der Waals surface area contributed by atoms with E-state index in [0.29, 0.717) is 11.9 Å². The maximum atomic E-state index is 12.2. The number of fused-ring (bicyclic) bond motifs is 2. The number of aromatic carboxylic acids is 1. The van der Waals surface area contributed by atoms with Crippen LogP contribution in [-0.4, -0.2) is 32.3 Å². The van der Waals surface area contributed by atoms with E-state index in [1.807, 2.05) is 0 Å². The highest BCUT2D eigenvalue weighted by Gasteiger charge is 2.36. The molecule has 8 nitrogen and oxygen atoms in total. The van der Waals surface area contributed by atoms with E-state index in [0.717, 1.165) is 0 Å². The average molecular weight is 451 g/mol. The summed E-state index contributed by atoms with van der Waals surface area (Å²) in [4.78, 5) is 12.0. The van der Waals surface area contributed by atoms with Gasteiger partial charge in [-0.2, -0.15) is 13.0 Å². The van der Waals surface area contributed by atoms with E-state index >= 15 is 0 Å². The zero-order valence-electron chi connectivity index (χ0n) is 16.7. The zero-order valence-corrected chi connectivity index (χ0v) is 18.4. The second-order valence-corrected chi connectivity index (χ2v) is 11.6. The van der Waals surface area contributed by atoms with Gasteiger partial charge in [0, 0.05) is 37.4 Å². The average Bonchev–Trinajstić information content (AvgIpc) is 2.62. The first kappa shape index (κ1) is 22.2. The third kappa shape index (κ3) is 4.33. The molecule has 30 heavy (non-hydrogen) atoms. The molecule has 0 bridgehead atoms. The van der Waals surface area contributed by atoms with Crippen LogP contribution in [0.2, 0.25) is 0 Å². The Kier molecular flexibility index (Phi) is 5.91. The molecular formula is C20H22NO7PS. The summed E-state index contributed by atoms with van der Waals surface area (Å²) in [5, 5.41) is 11.1. The number of nitrogens with zero attached hydrogens (tertiary/aromatic N) is 1. The maximum Gasteiger partial charge on any atom is 0.329 e. The van der Waals surface area contributed by atoms with Crippen LogP contribution in [0.3, 0.4) is 0 Å². The molecule has 3 aromatic rings. The quantitative estimate of drug-likeness (QED) is 0.253. The largest absolute Gasteiger partial charge is 0.545 e. The van der Waals surface area contributed by atoms with E-state index in [2.05, 4.69) is 0 Å². The van der Waals surface area contributed by atoms with Crippen LogP contribution >= 0.6 is 7.37 Å². The van der Waals surface area contributed by atoms with Crippen molar-refractivity contribution in [2.75, 3.05) is 13.3 Å². The number of rotatable bonds is 7. The molecule has 0 spiro atoms. The van der Waals surface area contributed by atoms with Crippen molar-refractivity contribution in [2.45, 2.75) is 25.1 Å². The van der Waals surface area contributed by atoms with Crippen LogP contribution in [0.25, 0.3) is 21.8 Å². The minimum Gasteiger partial charge on any atom is -0.545 e. The van der Waals surface area contributed by atoms with E-state index in [4.69, 9.17) is 4.52 Å². The van der Waals surface area contributed by atoms with Crippen molar-refractivity contribution in [1.29, 1.82) is 0 Å². The Balaban J connectivity index is 2.52. The number of hydrogen-bond donors (Lipinski definition) is 1. The Morgan fingerprint density at radius 2 is 1.80 bits per heavy atom. The molecule has 1 atom stereocenters. The van der Waals surface area contributed by atoms with Crippen molar-refractivity contribution in [3.05, 3.63) is 48.0 Å². The van der Waals surface area contributed by atoms with E-state index < -0.39 is 28.8 Å². The highest BCUT2D eigenvalue weighted by Crippen LogP contribution is 2.40. The molecule has 0 radical (unpaired) electrons. The monoisotopic (exact) mass is 451 g/mol. The number of carbonyl (C=O) groups excluding carboxylic acids is 1. The third-order valence-corrected chi connectivity index (χ3v) is 6.41. The molecule has 10 heteroatoms. The van der Waals surface area contributed by atoms with Gasteiger partial charge in [0.25, 0.3) is 5.37 Å². The minimum absolute atomic E-state index is 0.116. The van der Waals surface area contributed by atoms with Gasteiger partial charge in [-0.05, 0) is 24.6 Å². The molecule has 1 N–H and O–H groups in total. The van der Waals surface area contributed by atoms with Gasteiger partial charge < -0.3 is 14.4 Å². The summed E-state index contributed by atoms with van der Waals surface area (Å²) >= 11 is 0. The first-order valence-electron chi connectivity index (χ1n) is 9.26. The number of para-hydroxylation sites is 1. The number of aromatic nitrogens is 1. The van der Waals surface area contributed by atoms with Gasteiger partial charge >= 0.3 is 10.1 Å². The van der Waals surface area contributed by atoms with Crippen LogP contribution in [0, 0.1) is 0 Å². The van der Waals surface area contributed by atoms with E-state index in [-0.39, 0.29) is 34.0 Å². The number of hydrogen-bond acceptors (Lipinski definition) is 6. The predicted octanol–water partition coefficient (Wildman–Crippen LogP) is 2.75. The first-order valence-corrected chi connectivity index (χ1v) is 13.3. The standard InChI is InChI=1S/C20H22NO7PS/c1-4-7-18(30(25,26)27)21-16-9-6-5-8-14(16)19(20(22)23)15-12-13(10-11-17(15)21)28-29(2,3)24/h5-6,8-12,18H,4,7H2,1-3H3,(H-,22,23,25,26,27). The maximum absolute atomic E-state index is 12.2. The zero-order chi connectivity index (χ0) is 22.3. The van der Waals surface area contributed by atoms with Crippen molar-refractivity contribution in [3.63, 3.8) is 0 Å². The molecule has 0 amide bonds. The summed E-state index contributed by atoms with van der Waals surface area (Å²) in [5.41, 5.74) is 0.443. The summed E-state index contributed by atoms with van der Waals surface area (Å²) in [6, 6.07) is 10.8. The van der Waals surface area contributed by atoms with Gasteiger partial charge in [-0.15, -0.1) is 0 Å². The second kappa shape index (κ2) is 7.98. The highest BCUT2D eigenvalue weighted by molar-refractivity contribution is 7.85. The minimum atomic E-state index is -4.51. The number of carbonyl (C=O) groups is 1. The molecule has 160 valence electrons. The lowest BCUT2D eigenvalue weighted by Gasteiger charge is -2.18. The van der Waals surface area contributed by atoms with Gasteiger partial charge in [-0.3, -0.25) is 9.12 Å². The molecule has 0 saturated heterocycles. The van der Waals surface area contributed by atoms with E-state index in [1.165, 1.54) is 36.1 Å². The highest BCUT2D eigenvalue weighted by atomic mass is 32.2. The van der Waals surface area contributed by atoms with Crippen LogP contribution in [0.4, 0.5) is 0 Å². The van der Waals surface area contributed by atoms with Gasteiger partial charge in [0.2, 0.25) is 18.4 Å². The summed E-state index contributed by atoms with van der Waals surface area (Å²) in [7, 11) is -7.44. The van der Waals surface area contributed by atoms with Crippen LogP contribution in [0.15, 0.2) is 42.5 Å². The van der Waals surface area contributed by atoms with Gasteiger partial charge in [-0.25, -0.2) is 0 Å². The number of carboxylic acids is 1. The molecule has 1 aromatic heterocycles. The van der Waals surface area contributed by atoms with Crippen molar-refractivity contribution in [1.82, 2.24) is 0 Å². The molecule has 0 saturated carbocycles. The molecule has 0 aliphatic carbocycles. The van der Waals surface area contributed by atoms with Crippen LogP contribution in [-0.2, 0) is 14.7 Å². The molecule has 1 heterocycles. The Labute approximate surface area is 174 Å². The molecule has 3 rings (SSSR count). The van der Waals surface area contributed by atoms with Gasteiger partial charge in [0.05, 0.1) is 16.7 Å². The van der Waals surface area contributed by atoms with Crippen molar-refractivity contribution in [3.8, 4) is 5.75 Å². The lowest BCUT2D eigenvalue weighted by atomic mass is 10.0. The molecule has 1 unspecified atom stereocenters. The smallest absolute Gasteiger partial charge is 0.329 e. The van der Waals surface area contributed by atoms with Crippen molar-refractivity contribution < 1.29 is 36.5 Å². The Morgan fingerprint density at radius 1 is 1.17 bits per heavy atom. The number of benzene rings is 2. The predicted molar refractivity (Wildman–Crippen MR) is 112 cm³/mol. The van der Waals surface area contributed by atoms with E-state index in [1.54, 1.807) is 31.2 Å². The molecular weight excluding hydrogens is 429 g/mol. The summed E-state index contributed by atoms with van der Waals surface area (Å²) in [5.74, 6) is -1.27. The Morgan fingerprint density at radius 3 is 2.37 bits per heavy atom. The fraction of sp³-hybridized carbons (Fsp3) is 0.300. The summed E-state index contributed by atoms with van der Waals surface area (Å²) in [6.45, 7) is 4.63. The van der Waals surface area contributed by atoms with Crippen LogP contribution < -0.4 is 14.2 Å². The Hall–Kier alpha value is -2.48. The van der Waals surface area contributed by atoms with Crippen LogP contribution in [0.5, 0.6) is 5.75 Å². The van der Waals surface area contributed by atoms with Crippen molar-refractivity contribution in [2.24, 2.45) is 0 Å². The Bertz CT molecular complexity index is 1300. The fourth-order valence-electron chi connectivity index (χ4n) is 3.59. The summed E-state index contributed by atoms with van der Waals surface area (Å²) < 4.78 is 53.3. The normalized spacial score (nSPS) is 13.5. The topological polar surface area (TPSA) is 125 Å². The second-order valence-electron chi connectivity index (χ2n) is 7.33.